The third kappa shape index (κ3) is 1.90. The summed E-state index contributed by atoms with van der Waals surface area (Å²) in [5.41, 5.74) is 1.09. The van der Waals surface area contributed by atoms with Crippen LogP contribution in [0.5, 0.6) is 5.75 Å². The average Bonchev–Trinajstić information content (AvgIpc) is 2.65. The molecule has 0 radical (unpaired) electrons. The first kappa shape index (κ1) is 9.52. The van der Waals surface area contributed by atoms with Crippen molar-refractivity contribution >= 4 is 20.6 Å². The highest BCUT2D eigenvalue weighted by atomic mass is 79.9. The van der Waals surface area contributed by atoms with E-state index in [4.69, 9.17) is 9.57 Å². The Bertz CT molecular complexity index is 365. The van der Waals surface area contributed by atoms with Crippen molar-refractivity contribution in [1.29, 1.82) is 0 Å². The lowest BCUT2D eigenvalue weighted by atomic mass is 10.1. The van der Waals surface area contributed by atoms with E-state index < -0.39 is 0 Å². The monoisotopic (exact) mass is 255 g/mol. The number of ether oxygens (including phenoxy) is 1. The van der Waals surface area contributed by atoms with Crippen LogP contribution in [0.15, 0.2) is 29.4 Å². The van der Waals surface area contributed by atoms with Crippen LogP contribution in [0.1, 0.15) is 18.1 Å². The van der Waals surface area contributed by atoms with Crippen molar-refractivity contribution in [2.75, 3.05) is 7.11 Å². The number of halogens is 1. The second-order valence-electron chi connectivity index (χ2n) is 3.04. The van der Waals surface area contributed by atoms with Crippen LogP contribution in [0.3, 0.4) is 0 Å². The topological polar surface area (TPSA) is 30.8 Å². The van der Waals surface area contributed by atoms with E-state index in [9.17, 15) is 0 Å². The third-order valence-corrected chi connectivity index (χ3v) is 2.57. The fraction of sp³-hybridized carbons (Fsp3) is 0.300. The maximum atomic E-state index is 5.24. The highest BCUT2D eigenvalue weighted by molar-refractivity contribution is 9.18. The molecular formula is C10H10BrNO2. The number of methoxy groups -OCH3 is 1. The molecule has 0 bridgehead atoms. The normalized spacial score (nSPS) is 20.1. The predicted octanol–water partition coefficient (Wildman–Crippen LogP) is 2.87. The molecule has 2 rings (SSSR count). The largest absolute Gasteiger partial charge is 0.497 e. The molecule has 0 N–H and O–H groups in total. The van der Waals surface area contributed by atoms with Gasteiger partial charge in [0.2, 0.25) is 0 Å². The number of rotatable bonds is 2. The van der Waals surface area contributed by atoms with Crippen LogP contribution in [-0.2, 0) is 4.84 Å². The van der Waals surface area contributed by atoms with Crippen LogP contribution in [0.2, 0.25) is 0 Å². The fourth-order valence-corrected chi connectivity index (χ4v) is 1.75. The van der Waals surface area contributed by atoms with Gasteiger partial charge in [0.1, 0.15) is 10.4 Å². The average molecular weight is 256 g/mol. The van der Waals surface area contributed by atoms with Crippen LogP contribution in [-0.4, -0.2) is 11.7 Å². The van der Waals surface area contributed by atoms with Gasteiger partial charge < -0.3 is 9.57 Å². The molecule has 0 aliphatic carbocycles. The number of hydrogen-bond acceptors (Lipinski definition) is 3. The van der Waals surface area contributed by atoms with Crippen molar-refractivity contribution in [3.05, 3.63) is 29.8 Å². The van der Waals surface area contributed by atoms with Gasteiger partial charge >= 0.3 is 0 Å². The SMILES string of the molecule is COc1cccc(C2CC(Br)=NO2)c1. The lowest BCUT2D eigenvalue weighted by molar-refractivity contribution is 0.0856. The lowest BCUT2D eigenvalue weighted by Gasteiger charge is -2.09. The lowest BCUT2D eigenvalue weighted by Crippen LogP contribution is -1.97. The summed E-state index contributed by atoms with van der Waals surface area (Å²) in [5, 5.41) is 3.84. The zero-order chi connectivity index (χ0) is 9.97. The summed E-state index contributed by atoms with van der Waals surface area (Å²) >= 11 is 3.31. The van der Waals surface area contributed by atoms with Gasteiger partial charge in [-0.15, -0.1) is 0 Å². The molecule has 4 heteroatoms. The Morgan fingerprint density at radius 1 is 1.57 bits per heavy atom. The molecule has 1 heterocycles. The molecule has 1 aliphatic heterocycles. The first-order valence-electron chi connectivity index (χ1n) is 4.32. The van der Waals surface area contributed by atoms with E-state index in [0.29, 0.717) is 0 Å². The molecule has 1 unspecified atom stereocenters. The third-order valence-electron chi connectivity index (χ3n) is 2.10. The summed E-state index contributed by atoms with van der Waals surface area (Å²) in [7, 11) is 1.65. The van der Waals surface area contributed by atoms with E-state index in [1.165, 1.54) is 0 Å². The quantitative estimate of drug-likeness (QED) is 0.814. The zero-order valence-electron chi connectivity index (χ0n) is 7.74. The minimum absolute atomic E-state index is 0.0134. The summed E-state index contributed by atoms with van der Waals surface area (Å²) < 4.78 is 5.99. The van der Waals surface area contributed by atoms with Gasteiger partial charge in [0.15, 0.2) is 6.10 Å². The Morgan fingerprint density at radius 2 is 2.43 bits per heavy atom. The fourth-order valence-electron chi connectivity index (χ4n) is 1.37. The van der Waals surface area contributed by atoms with E-state index >= 15 is 0 Å². The van der Waals surface area contributed by atoms with Gasteiger partial charge in [-0.1, -0.05) is 17.3 Å². The highest BCUT2D eigenvalue weighted by Crippen LogP contribution is 2.30. The van der Waals surface area contributed by atoms with E-state index in [2.05, 4.69) is 21.1 Å². The Kier molecular flexibility index (Phi) is 2.72. The van der Waals surface area contributed by atoms with Gasteiger partial charge in [0, 0.05) is 6.42 Å². The van der Waals surface area contributed by atoms with Crippen molar-refractivity contribution in [2.45, 2.75) is 12.5 Å². The van der Waals surface area contributed by atoms with Crippen molar-refractivity contribution < 1.29 is 9.57 Å². The number of hydrogen-bond donors (Lipinski definition) is 0. The van der Waals surface area contributed by atoms with Gasteiger partial charge in [-0.05, 0) is 33.6 Å². The minimum atomic E-state index is 0.0134. The maximum absolute atomic E-state index is 5.24. The second kappa shape index (κ2) is 4.00. The molecule has 14 heavy (non-hydrogen) atoms. The number of nitrogens with zero attached hydrogens (tertiary/aromatic N) is 1. The molecule has 1 aromatic carbocycles. The standard InChI is InChI=1S/C10H10BrNO2/c1-13-8-4-2-3-7(5-8)9-6-10(11)12-14-9/h2-5,9H,6H2,1H3. The van der Waals surface area contributed by atoms with E-state index in [1.807, 2.05) is 24.3 Å². The summed E-state index contributed by atoms with van der Waals surface area (Å²) in [6.07, 6.45) is 0.798. The Labute approximate surface area is 90.8 Å². The molecule has 0 aromatic heterocycles. The molecule has 0 fully saturated rings. The molecule has 1 aromatic rings. The van der Waals surface area contributed by atoms with Crippen molar-refractivity contribution in [1.82, 2.24) is 0 Å². The van der Waals surface area contributed by atoms with Crippen molar-refractivity contribution in [2.24, 2.45) is 5.16 Å². The molecule has 1 atom stereocenters. The van der Waals surface area contributed by atoms with Gasteiger partial charge in [0.05, 0.1) is 7.11 Å². The van der Waals surface area contributed by atoms with Crippen LogP contribution >= 0.6 is 15.9 Å². The second-order valence-corrected chi connectivity index (χ2v) is 3.96. The molecule has 3 nitrogen and oxygen atoms in total. The maximum Gasteiger partial charge on any atom is 0.158 e. The highest BCUT2D eigenvalue weighted by Gasteiger charge is 2.21. The summed E-state index contributed by atoms with van der Waals surface area (Å²) in [4.78, 5) is 5.24. The van der Waals surface area contributed by atoms with Crippen molar-refractivity contribution in [3.63, 3.8) is 0 Å². The van der Waals surface area contributed by atoms with E-state index in [1.54, 1.807) is 7.11 Å². The minimum Gasteiger partial charge on any atom is -0.497 e. The number of oxime groups is 1. The molecule has 74 valence electrons. The molecule has 0 spiro atoms. The van der Waals surface area contributed by atoms with E-state index in [0.717, 1.165) is 22.4 Å². The van der Waals surface area contributed by atoms with Gasteiger partial charge in [-0.3, -0.25) is 0 Å². The number of benzene rings is 1. The molecule has 0 saturated carbocycles. The molecule has 0 amide bonds. The van der Waals surface area contributed by atoms with Crippen LogP contribution < -0.4 is 4.74 Å². The smallest absolute Gasteiger partial charge is 0.158 e. The van der Waals surface area contributed by atoms with Crippen molar-refractivity contribution in [3.8, 4) is 5.75 Å². The van der Waals surface area contributed by atoms with Crippen LogP contribution in [0, 0.1) is 0 Å². The van der Waals surface area contributed by atoms with Crippen LogP contribution in [0.25, 0.3) is 0 Å². The van der Waals surface area contributed by atoms with Gasteiger partial charge in [0.25, 0.3) is 0 Å². The first-order valence-corrected chi connectivity index (χ1v) is 5.11. The Morgan fingerprint density at radius 3 is 3.07 bits per heavy atom. The summed E-state index contributed by atoms with van der Waals surface area (Å²) in [6, 6.07) is 7.83. The van der Waals surface area contributed by atoms with Gasteiger partial charge in [-0.2, -0.15) is 0 Å². The molecular weight excluding hydrogens is 246 g/mol. The first-order chi connectivity index (χ1) is 6.79. The van der Waals surface area contributed by atoms with Crippen LogP contribution in [0.4, 0.5) is 0 Å². The predicted molar refractivity (Wildman–Crippen MR) is 57.8 cm³/mol. The Balaban J connectivity index is 2.17. The Hall–Kier alpha value is -1.03. The molecule has 0 saturated heterocycles. The van der Waals surface area contributed by atoms with E-state index in [-0.39, 0.29) is 6.10 Å². The summed E-state index contributed by atoms with van der Waals surface area (Å²) in [6.45, 7) is 0. The summed E-state index contributed by atoms with van der Waals surface area (Å²) in [5.74, 6) is 0.842. The van der Waals surface area contributed by atoms with Gasteiger partial charge in [-0.25, -0.2) is 0 Å². The zero-order valence-corrected chi connectivity index (χ0v) is 9.32. The molecule has 1 aliphatic rings.